The van der Waals surface area contributed by atoms with Crippen molar-refractivity contribution in [3.63, 3.8) is 0 Å². The van der Waals surface area contributed by atoms with Gasteiger partial charge < -0.3 is 10.0 Å². The second-order valence-corrected chi connectivity index (χ2v) is 9.51. The van der Waals surface area contributed by atoms with Gasteiger partial charge in [0.05, 0.1) is 11.3 Å². The third-order valence-corrected chi connectivity index (χ3v) is 7.03. The van der Waals surface area contributed by atoms with Gasteiger partial charge in [0.15, 0.2) is 0 Å². The van der Waals surface area contributed by atoms with Gasteiger partial charge in [-0.25, -0.2) is 0 Å². The maximum absolute atomic E-state index is 13.1. The zero-order valence-corrected chi connectivity index (χ0v) is 19.9. The van der Waals surface area contributed by atoms with E-state index in [1.165, 1.54) is 4.90 Å². The van der Waals surface area contributed by atoms with Crippen LogP contribution in [0.3, 0.4) is 0 Å². The Labute approximate surface area is 196 Å². The molecule has 1 aromatic rings. The fourth-order valence-electron chi connectivity index (χ4n) is 4.05. The second kappa shape index (κ2) is 10.3. The Morgan fingerprint density at radius 3 is 2.53 bits per heavy atom. The Balaban J connectivity index is 2.16. The lowest BCUT2D eigenvalue weighted by molar-refractivity contribution is -0.137. The van der Waals surface area contributed by atoms with Crippen molar-refractivity contribution in [3.8, 4) is 6.07 Å². The molecule has 0 saturated carbocycles. The van der Waals surface area contributed by atoms with Crippen LogP contribution >= 0.6 is 24.0 Å². The van der Waals surface area contributed by atoms with E-state index in [-0.39, 0.29) is 30.0 Å². The van der Waals surface area contributed by atoms with E-state index in [1.807, 2.05) is 13.0 Å². The Kier molecular flexibility index (Phi) is 7.74. The van der Waals surface area contributed by atoms with E-state index in [9.17, 15) is 19.6 Å². The quantitative estimate of drug-likeness (QED) is 0.475. The molecule has 0 atom stereocenters. The number of carbonyl (C=O) groups is 2. The van der Waals surface area contributed by atoms with Crippen LogP contribution in [-0.4, -0.2) is 50.4 Å². The zero-order valence-electron chi connectivity index (χ0n) is 18.2. The van der Waals surface area contributed by atoms with Crippen molar-refractivity contribution >= 4 is 52.1 Å². The summed E-state index contributed by atoms with van der Waals surface area (Å²) in [5.74, 6) is -0.614. The molecule has 1 aromatic heterocycles. The van der Waals surface area contributed by atoms with E-state index in [1.54, 1.807) is 17.6 Å². The summed E-state index contributed by atoms with van der Waals surface area (Å²) < 4.78 is 1.97. The summed E-state index contributed by atoms with van der Waals surface area (Å²) in [4.78, 5) is 40.9. The summed E-state index contributed by atoms with van der Waals surface area (Å²) in [5.41, 5.74) is 0.988. The smallest absolute Gasteiger partial charge is 0.305 e. The molecule has 0 aliphatic carbocycles. The average Bonchev–Trinajstić information content (AvgIpc) is 3.03. The Hall–Kier alpha value is -2.64. The standard InChI is InChI=1S/C22H26N4O4S2/c1-3-8-25-19(24-9-5-4-6-10-24)15(14(2)16(13-23)20(25)29)12-17-21(30)26(22(31)32-17)11-7-18(27)28/h12H,3-11H2,1-2H3,(H,27,28)/b17-12-. The van der Waals surface area contributed by atoms with E-state index >= 15 is 0 Å². The lowest BCUT2D eigenvalue weighted by Gasteiger charge is -2.33. The molecule has 2 aliphatic heterocycles. The van der Waals surface area contributed by atoms with Gasteiger partial charge in [0.1, 0.15) is 21.8 Å². The first-order valence-corrected chi connectivity index (χ1v) is 11.9. The topological polar surface area (TPSA) is 107 Å². The van der Waals surface area contributed by atoms with Gasteiger partial charge in [0.2, 0.25) is 0 Å². The monoisotopic (exact) mass is 474 g/mol. The van der Waals surface area contributed by atoms with E-state index < -0.39 is 5.97 Å². The summed E-state index contributed by atoms with van der Waals surface area (Å²) in [5, 5.41) is 18.6. The number of piperidine rings is 1. The van der Waals surface area contributed by atoms with Crippen molar-refractivity contribution in [2.45, 2.75) is 52.5 Å². The molecule has 32 heavy (non-hydrogen) atoms. The molecule has 0 spiro atoms. The first-order valence-electron chi connectivity index (χ1n) is 10.7. The molecule has 1 N–H and O–H groups in total. The second-order valence-electron chi connectivity index (χ2n) is 7.83. The molecule has 0 bridgehead atoms. The van der Waals surface area contributed by atoms with Crippen LogP contribution in [0, 0.1) is 18.3 Å². The molecule has 2 saturated heterocycles. The van der Waals surface area contributed by atoms with Crippen molar-refractivity contribution in [1.82, 2.24) is 9.47 Å². The van der Waals surface area contributed by atoms with Crippen molar-refractivity contribution in [3.05, 3.63) is 31.9 Å². The van der Waals surface area contributed by atoms with Crippen LogP contribution in [0.5, 0.6) is 0 Å². The summed E-state index contributed by atoms with van der Waals surface area (Å²) in [6, 6.07) is 2.05. The number of aliphatic carboxylic acids is 1. The largest absolute Gasteiger partial charge is 0.481 e. The molecule has 3 heterocycles. The van der Waals surface area contributed by atoms with Gasteiger partial charge in [-0.15, -0.1) is 0 Å². The number of carbonyl (C=O) groups excluding carboxylic acids is 1. The SMILES string of the molecule is CCCn1c(N2CCCCC2)c(/C=C2\SC(=S)N(CCC(=O)O)C2=O)c(C)c(C#N)c1=O. The number of thioether (sulfide) groups is 1. The number of thiocarbonyl (C=S) groups is 1. The van der Waals surface area contributed by atoms with Crippen LogP contribution in [0.2, 0.25) is 0 Å². The zero-order chi connectivity index (χ0) is 23.4. The normalized spacial score (nSPS) is 17.8. The molecule has 0 radical (unpaired) electrons. The highest BCUT2D eigenvalue weighted by atomic mass is 32.2. The maximum atomic E-state index is 13.1. The number of hydrogen-bond acceptors (Lipinski definition) is 7. The van der Waals surface area contributed by atoms with E-state index in [2.05, 4.69) is 4.90 Å². The van der Waals surface area contributed by atoms with Gasteiger partial charge in [0, 0.05) is 31.7 Å². The fraction of sp³-hybridized carbons (Fsp3) is 0.500. The van der Waals surface area contributed by atoms with Crippen LogP contribution in [0.15, 0.2) is 9.70 Å². The number of hydrogen-bond donors (Lipinski definition) is 1. The van der Waals surface area contributed by atoms with Crippen LogP contribution in [0.25, 0.3) is 6.08 Å². The molecule has 8 nitrogen and oxygen atoms in total. The van der Waals surface area contributed by atoms with Crippen LogP contribution < -0.4 is 10.5 Å². The minimum absolute atomic E-state index is 0.00802. The Morgan fingerprint density at radius 2 is 1.94 bits per heavy atom. The molecule has 0 aromatic carbocycles. The number of aromatic nitrogens is 1. The summed E-state index contributed by atoms with van der Waals surface area (Å²) in [6.45, 7) is 5.80. The van der Waals surface area contributed by atoms with Gasteiger partial charge in [0.25, 0.3) is 11.5 Å². The first-order chi connectivity index (χ1) is 15.3. The van der Waals surface area contributed by atoms with Crippen molar-refractivity contribution < 1.29 is 14.7 Å². The number of anilines is 1. The van der Waals surface area contributed by atoms with Gasteiger partial charge in [-0.3, -0.25) is 23.9 Å². The minimum Gasteiger partial charge on any atom is -0.481 e. The summed E-state index contributed by atoms with van der Waals surface area (Å²) in [6.07, 6.45) is 5.39. The number of carboxylic acids is 1. The average molecular weight is 475 g/mol. The molecule has 0 unspecified atom stereocenters. The minimum atomic E-state index is -1.00. The molecule has 170 valence electrons. The van der Waals surface area contributed by atoms with Gasteiger partial charge in [-0.1, -0.05) is 30.9 Å². The molecule has 10 heteroatoms. The number of pyridine rings is 1. The van der Waals surface area contributed by atoms with E-state index in [0.29, 0.717) is 26.9 Å². The summed E-state index contributed by atoms with van der Waals surface area (Å²) in [7, 11) is 0. The van der Waals surface area contributed by atoms with Gasteiger partial charge in [-0.05, 0) is 44.2 Å². The number of nitrogens with zero attached hydrogens (tertiary/aromatic N) is 4. The highest BCUT2D eigenvalue weighted by Crippen LogP contribution is 2.36. The molecule has 3 rings (SSSR count). The predicted octanol–water partition coefficient (Wildman–Crippen LogP) is 3.10. The maximum Gasteiger partial charge on any atom is 0.305 e. The molecule has 1 amide bonds. The van der Waals surface area contributed by atoms with Gasteiger partial charge >= 0.3 is 5.97 Å². The Morgan fingerprint density at radius 1 is 1.25 bits per heavy atom. The molecular weight excluding hydrogens is 448 g/mol. The van der Waals surface area contributed by atoms with Crippen molar-refractivity contribution in [1.29, 1.82) is 5.26 Å². The molecule has 2 fully saturated rings. The number of rotatable bonds is 7. The first kappa shape index (κ1) is 24.0. The molecular formula is C22H26N4O4S2. The number of amides is 1. The highest BCUT2D eigenvalue weighted by molar-refractivity contribution is 8.26. The van der Waals surface area contributed by atoms with E-state index in [4.69, 9.17) is 17.3 Å². The lowest BCUT2D eigenvalue weighted by atomic mass is 10.0. The third-order valence-electron chi connectivity index (χ3n) is 5.65. The summed E-state index contributed by atoms with van der Waals surface area (Å²) >= 11 is 6.42. The van der Waals surface area contributed by atoms with Crippen LogP contribution in [0.4, 0.5) is 5.82 Å². The third kappa shape index (κ3) is 4.74. The highest BCUT2D eigenvalue weighted by Gasteiger charge is 2.33. The number of carboxylic acid groups (broad SMARTS) is 1. The van der Waals surface area contributed by atoms with Crippen molar-refractivity contribution in [2.75, 3.05) is 24.5 Å². The fourth-order valence-corrected chi connectivity index (χ4v) is 5.34. The van der Waals surface area contributed by atoms with Gasteiger partial charge in [-0.2, -0.15) is 5.26 Å². The van der Waals surface area contributed by atoms with Crippen molar-refractivity contribution in [2.24, 2.45) is 0 Å². The number of nitriles is 1. The van der Waals surface area contributed by atoms with E-state index in [0.717, 1.165) is 56.4 Å². The van der Waals surface area contributed by atoms with Crippen LogP contribution in [0.1, 0.15) is 55.7 Å². The predicted molar refractivity (Wildman–Crippen MR) is 129 cm³/mol. The lowest BCUT2D eigenvalue weighted by Crippen LogP contribution is -2.37. The Bertz CT molecular complexity index is 1080. The molecule has 2 aliphatic rings. The van der Waals surface area contributed by atoms with Crippen LogP contribution in [-0.2, 0) is 16.1 Å².